The highest BCUT2D eigenvalue weighted by atomic mass is 16.5. The van der Waals surface area contributed by atoms with E-state index in [-0.39, 0.29) is 23.8 Å². The van der Waals surface area contributed by atoms with Crippen LogP contribution in [0.4, 0.5) is 0 Å². The molecular weight excluding hydrogens is 394 g/mol. The van der Waals surface area contributed by atoms with E-state index in [1.54, 1.807) is 25.3 Å². The first-order valence-corrected chi connectivity index (χ1v) is 10.5. The average molecular weight is 421 g/mol. The largest absolute Gasteiger partial charge is 0.385 e. The quantitative estimate of drug-likeness (QED) is 0.529. The van der Waals surface area contributed by atoms with Gasteiger partial charge in [0.05, 0.1) is 17.2 Å². The molecule has 0 aromatic heterocycles. The zero-order valence-electron chi connectivity index (χ0n) is 17.9. The Labute approximate surface area is 182 Å². The maximum absolute atomic E-state index is 13.5. The number of likely N-dealkylation sites (N-methyl/N-ethyl adjacent to an activating group) is 1. The third-order valence-corrected chi connectivity index (χ3v) is 5.98. The molecule has 0 N–H and O–H groups in total. The zero-order chi connectivity index (χ0) is 22.0. The third-order valence-electron chi connectivity index (χ3n) is 5.98. The van der Waals surface area contributed by atoms with Crippen LogP contribution in [-0.4, -0.2) is 79.4 Å². The Balaban J connectivity index is 1.59. The monoisotopic (exact) mass is 421 g/mol. The van der Waals surface area contributed by atoms with Gasteiger partial charge in [-0.2, -0.15) is 0 Å². The number of carbonyl (C=O) groups is 3. The molecule has 2 aromatic carbocycles. The minimum absolute atomic E-state index is 0.0661. The van der Waals surface area contributed by atoms with Crippen LogP contribution in [0.5, 0.6) is 0 Å². The molecule has 31 heavy (non-hydrogen) atoms. The van der Waals surface area contributed by atoms with E-state index in [1.807, 2.05) is 35.2 Å². The Morgan fingerprint density at radius 2 is 1.77 bits per heavy atom. The normalized spacial score (nSPS) is 19.1. The molecule has 2 aromatic rings. The van der Waals surface area contributed by atoms with Gasteiger partial charge in [0.2, 0.25) is 0 Å². The minimum atomic E-state index is -0.344. The molecule has 2 aliphatic heterocycles. The first-order valence-electron chi connectivity index (χ1n) is 10.5. The molecule has 7 heteroatoms. The topological polar surface area (TPSA) is 70.2 Å². The Bertz CT molecular complexity index is 992. The Kier molecular flexibility index (Phi) is 6.15. The number of benzene rings is 2. The van der Waals surface area contributed by atoms with Crippen LogP contribution >= 0.6 is 0 Å². The van der Waals surface area contributed by atoms with E-state index in [9.17, 15) is 14.4 Å². The second kappa shape index (κ2) is 8.99. The molecule has 0 radical (unpaired) electrons. The lowest BCUT2D eigenvalue weighted by molar-refractivity contribution is 0.0497. The van der Waals surface area contributed by atoms with Gasteiger partial charge >= 0.3 is 0 Å². The number of hydrogen-bond donors (Lipinski definition) is 0. The van der Waals surface area contributed by atoms with Crippen molar-refractivity contribution in [2.45, 2.75) is 12.5 Å². The summed E-state index contributed by atoms with van der Waals surface area (Å²) >= 11 is 0. The summed E-state index contributed by atoms with van der Waals surface area (Å²) in [7, 11) is 3.64. The van der Waals surface area contributed by atoms with Gasteiger partial charge in [-0.25, -0.2) is 0 Å². The van der Waals surface area contributed by atoms with E-state index in [2.05, 4.69) is 11.9 Å². The Morgan fingerprint density at radius 1 is 1.03 bits per heavy atom. The number of fused-ring (bicyclic) bond motifs is 1. The lowest BCUT2D eigenvalue weighted by Crippen LogP contribution is -2.49. The van der Waals surface area contributed by atoms with Gasteiger partial charge in [0.1, 0.15) is 0 Å². The Morgan fingerprint density at radius 3 is 2.52 bits per heavy atom. The van der Waals surface area contributed by atoms with Gasteiger partial charge in [0.25, 0.3) is 17.7 Å². The second-order valence-electron chi connectivity index (χ2n) is 8.06. The highest BCUT2D eigenvalue weighted by molar-refractivity contribution is 6.22. The van der Waals surface area contributed by atoms with Crippen molar-refractivity contribution in [1.29, 1.82) is 0 Å². The molecule has 1 atom stereocenters. The van der Waals surface area contributed by atoms with Gasteiger partial charge in [-0.15, -0.1) is 0 Å². The maximum atomic E-state index is 13.5. The van der Waals surface area contributed by atoms with E-state index >= 15 is 0 Å². The molecule has 2 aliphatic rings. The first kappa shape index (κ1) is 21.2. The summed E-state index contributed by atoms with van der Waals surface area (Å²) in [6.07, 6.45) is 0.577. The van der Waals surface area contributed by atoms with Crippen LogP contribution in [0.2, 0.25) is 0 Å². The number of nitrogens with zero attached hydrogens (tertiary/aromatic N) is 3. The summed E-state index contributed by atoms with van der Waals surface area (Å²) in [5.41, 5.74) is 2.18. The van der Waals surface area contributed by atoms with Crippen molar-refractivity contribution in [2.75, 3.05) is 46.9 Å². The molecule has 0 bridgehead atoms. The van der Waals surface area contributed by atoms with Crippen molar-refractivity contribution in [3.63, 3.8) is 0 Å². The van der Waals surface area contributed by atoms with Crippen molar-refractivity contribution in [1.82, 2.24) is 14.7 Å². The predicted octanol–water partition coefficient (Wildman–Crippen LogP) is 2.45. The number of imide groups is 1. The molecule has 0 unspecified atom stereocenters. The highest BCUT2D eigenvalue weighted by Gasteiger charge is 2.37. The molecule has 2 heterocycles. The van der Waals surface area contributed by atoms with E-state index in [1.165, 1.54) is 4.90 Å². The van der Waals surface area contributed by atoms with Crippen LogP contribution in [0.1, 0.15) is 49.1 Å². The van der Waals surface area contributed by atoms with Crippen molar-refractivity contribution in [3.8, 4) is 0 Å². The second-order valence-corrected chi connectivity index (χ2v) is 8.06. The third kappa shape index (κ3) is 4.11. The van der Waals surface area contributed by atoms with Gasteiger partial charge < -0.3 is 14.5 Å². The van der Waals surface area contributed by atoms with Gasteiger partial charge in [-0.1, -0.05) is 30.3 Å². The van der Waals surface area contributed by atoms with Crippen molar-refractivity contribution < 1.29 is 19.1 Å². The molecular formula is C24H27N3O4. The number of carbonyl (C=O) groups excluding carboxylic acids is 3. The van der Waals surface area contributed by atoms with E-state index in [4.69, 9.17) is 4.74 Å². The van der Waals surface area contributed by atoms with Gasteiger partial charge in [-0.3, -0.25) is 19.3 Å². The van der Waals surface area contributed by atoms with Crippen LogP contribution in [0.3, 0.4) is 0 Å². The molecule has 162 valence electrons. The summed E-state index contributed by atoms with van der Waals surface area (Å²) in [6.45, 7) is 2.90. The molecule has 1 saturated heterocycles. The SMILES string of the molecule is COCCCN1C(=O)c2ccc(C(=O)N3CCN(C)C[C@H]3c3ccccc3)cc2C1=O. The van der Waals surface area contributed by atoms with Crippen molar-refractivity contribution in [3.05, 3.63) is 70.8 Å². The molecule has 0 spiro atoms. The summed E-state index contributed by atoms with van der Waals surface area (Å²) < 4.78 is 5.02. The Hall–Kier alpha value is -3.03. The molecule has 4 rings (SSSR count). The summed E-state index contributed by atoms with van der Waals surface area (Å²) in [5, 5.41) is 0. The fraction of sp³-hybridized carbons (Fsp3) is 0.375. The number of methoxy groups -OCH3 is 1. The zero-order valence-corrected chi connectivity index (χ0v) is 17.9. The molecule has 3 amide bonds. The summed E-state index contributed by atoms with van der Waals surface area (Å²) in [6, 6.07) is 14.8. The fourth-order valence-corrected chi connectivity index (χ4v) is 4.28. The highest BCUT2D eigenvalue weighted by Crippen LogP contribution is 2.29. The fourth-order valence-electron chi connectivity index (χ4n) is 4.28. The van der Waals surface area contributed by atoms with Crippen LogP contribution in [-0.2, 0) is 4.74 Å². The number of hydrogen-bond acceptors (Lipinski definition) is 5. The maximum Gasteiger partial charge on any atom is 0.261 e. The number of piperazine rings is 1. The minimum Gasteiger partial charge on any atom is -0.385 e. The van der Waals surface area contributed by atoms with E-state index in [0.29, 0.717) is 42.8 Å². The predicted molar refractivity (Wildman–Crippen MR) is 116 cm³/mol. The van der Waals surface area contributed by atoms with Crippen LogP contribution in [0.15, 0.2) is 48.5 Å². The number of ether oxygens (including phenoxy) is 1. The lowest BCUT2D eigenvalue weighted by atomic mass is 10.00. The molecule has 7 nitrogen and oxygen atoms in total. The first-order chi connectivity index (χ1) is 15.0. The van der Waals surface area contributed by atoms with E-state index in [0.717, 1.165) is 18.7 Å². The average Bonchev–Trinajstić information content (AvgIpc) is 3.03. The van der Waals surface area contributed by atoms with Gasteiger partial charge in [0.15, 0.2) is 0 Å². The smallest absolute Gasteiger partial charge is 0.261 e. The number of amides is 3. The molecule has 0 aliphatic carbocycles. The van der Waals surface area contributed by atoms with Crippen molar-refractivity contribution >= 4 is 17.7 Å². The number of rotatable bonds is 6. The van der Waals surface area contributed by atoms with E-state index < -0.39 is 0 Å². The van der Waals surface area contributed by atoms with Gasteiger partial charge in [0, 0.05) is 45.5 Å². The summed E-state index contributed by atoms with van der Waals surface area (Å²) in [4.78, 5) is 44.2. The van der Waals surface area contributed by atoms with Crippen LogP contribution in [0, 0.1) is 0 Å². The van der Waals surface area contributed by atoms with Gasteiger partial charge in [-0.05, 0) is 37.2 Å². The van der Waals surface area contributed by atoms with Crippen LogP contribution in [0.25, 0.3) is 0 Å². The van der Waals surface area contributed by atoms with Crippen molar-refractivity contribution in [2.24, 2.45) is 0 Å². The summed E-state index contributed by atoms with van der Waals surface area (Å²) in [5.74, 6) is -0.775. The lowest BCUT2D eigenvalue weighted by Gasteiger charge is -2.40. The van der Waals surface area contributed by atoms with Crippen LogP contribution < -0.4 is 0 Å². The standard InChI is InChI=1S/C24H27N3O4/c1-25-12-13-26(21(16-25)17-7-4-3-5-8-17)22(28)18-9-10-19-20(15-18)24(30)27(23(19)29)11-6-14-31-2/h3-5,7-10,15,21H,6,11-14,16H2,1-2H3/t21-/m0/s1. The molecule has 1 fully saturated rings. The molecule has 0 saturated carbocycles.